The number of anilines is 1. The van der Waals surface area contributed by atoms with E-state index in [9.17, 15) is 0 Å². The van der Waals surface area contributed by atoms with Crippen molar-refractivity contribution in [3.63, 3.8) is 0 Å². The molecule has 0 aliphatic heterocycles. The minimum Gasteiger partial charge on any atom is -0.489 e. The number of nitrogens with two attached hydrogens (primary N) is 1. The van der Waals surface area contributed by atoms with Crippen molar-refractivity contribution in [1.29, 1.82) is 5.26 Å². The molecule has 0 amide bonds. The number of hydrogen-bond acceptors (Lipinski definition) is 3. The molecule has 0 atom stereocenters. The van der Waals surface area contributed by atoms with Crippen molar-refractivity contribution in [2.75, 3.05) is 5.73 Å². The minimum atomic E-state index is 0.417. The molecule has 4 heteroatoms. The zero-order chi connectivity index (χ0) is 13.7. The van der Waals surface area contributed by atoms with Crippen molar-refractivity contribution in [2.24, 2.45) is 0 Å². The van der Waals surface area contributed by atoms with Crippen LogP contribution in [0.4, 0.5) is 5.69 Å². The van der Waals surface area contributed by atoms with Crippen LogP contribution in [-0.4, -0.2) is 0 Å². The van der Waals surface area contributed by atoms with Crippen LogP contribution in [0.3, 0.4) is 0 Å². The SMILES string of the molecule is N#CCc1ccc(OCc2ccc(Br)cc2N)cc1. The highest BCUT2D eigenvalue weighted by molar-refractivity contribution is 9.10. The molecular formula is C15H13BrN2O. The number of hydrogen-bond donors (Lipinski definition) is 1. The third-order valence-electron chi connectivity index (χ3n) is 2.71. The van der Waals surface area contributed by atoms with E-state index in [0.29, 0.717) is 18.7 Å². The number of rotatable bonds is 4. The van der Waals surface area contributed by atoms with Crippen molar-refractivity contribution in [2.45, 2.75) is 13.0 Å². The summed E-state index contributed by atoms with van der Waals surface area (Å²) in [6.45, 7) is 0.427. The lowest BCUT2D eigenvalue weighted by molar-refractivity contribution is 0.307. The molecule has 3 nitrogen and oxygen atoms in total. The predicted molar refractivity (Wildman–Crippen MR) is 78.6 cm³/mol. The Morgan fingerprint density at radius 3 is 2.53 bits per heavy atom. The van der Waals surface area contributed by atoms with Gasteiger partial charge in [0, 0.05) is 15.7 Å². The van der Waals surface area contributed by atoms with Crippen LogP contribution < -0.4 is 10.5 Å². The second kappa shape index (κ2) is 6.26. The Morgan fingerprint density at radius 2 is 1.89 bits per heavy atom. The van der Waals surface area contributed by atoms with Crippen LogP contribution in [0, 0.1) is 11.3 Å². The van der Waals surface area contributed by atoms with E-state index in [1.165, 1.54) is 0 Å². The lowest BCUT2D eigenvalue weighted by atomic mass is 10.1. The van der Waals surface area contributed by atoms with Gasteiger partial charge in [0.25, 0.3) is 0 Å². The Bertz CT molecular complexity index is 603. The summed E-state index contributed by atoms with van der Waals surface area (Å²) < 4.78 is 6.62. The number of halogens is 1. The second-order valence-corrected chi connectivity index (χ2v) is 5.03. The molecule has 2 N–H and O–H groups in total. The Kier molecular flexibility index (Phi) is 4.43. The predicted octanol–water partition coefficient (Wildman–Crippen LogP) is 3.68. The molecule has 0 unspecified atom stereocenters. The molecule has 0 aliphatic carbocycles. The third-order valence-corrected chi connectivity index (χ3v) is 3.20. The zero-order valence-electron chi connectivity index (χ0n) is 10.3. The summed E-state index contributed by atoms with van der Waals surface area (Å²) in [5.74, 6) is 0.768. The van der Waals surface area contributed by atoms with Crippen LogP contribution in [0.15, 0.2) is 46.9 Å². The van der Waals surface area contributed by atoms with Gasteiger partial charge in [-0.15, -0.1) is 0 Å². The Balaban J connectivity index is 2.00. The maximum Gasteiger partial charge on any atom is 0.119 e. The molecule has 19 heavy (non-hydrogen) atoms. The van der Waals surface area contributed by atoms with Crippen LogP contribution in [-0.2, 0) is 13.0 Å². The maximum atomic E-state index is 8.59. The molecule has 0 radical (unpaired) electrons. The Hall–Kier alpha value is -1.99. The molecular weight excluding hydrogens is 304 g/mol. The van der Waals surface area contributed by atoms with Crippen molar-refractivity contribution < 1.29 is 4.74 Å². The van der Waals surface area contributed by atoms with E-state index in [-0.39, 0.29) is 0 Å². The van der Waals surface area contributed by atoms with Gasteiger partial charge in [0.2, 0.25) is 0 Å². The normalized spacial score (nSPS) is 9.89. The Labute approximate surface area is 120 Å². The highest BCUT2D eigenvalue weighted by Crippen LogP contribution is 2.21. The molecule has 0 saturated carbocycles. The van der Waals surface area contributed by atoms with Crippen molar-refractivity contribution >= 4 is 21.6 Å². The van der Waals surface area contributed by atoms with Crippen LogP contribution in [0.2, 0.25) is 0 Å². The lowest BCUT2D eigenvalue weighted by Gasteiger charge is -2.09. The van der Waals surface area contributed by atoms with E-state index < -0.39 is 0 Å². The minimum absolute atomic E-state index is 0.417. The molecule has 0 aromatic heterocycles. The zero-order valence-corrected chi connectivity index (χ0v) is 11.9. The maximum absolute atomic E-state index is 8.59. The van der Waals surface area contributed by atoms with Crippen LogP contribution in [0.1, 0.15) is 11.1 Å². The molecule has 0 bridgehead atoms. The quantitative estimate of drug-likeness (QED) is 0.875. The van der Waals surface area contributed by atoms with Gasteiger partial charge in [0.15, 0.2) is 0 Å². The van der Waals surface area contributed by atoms with Gasteiger partial charge < -0.3 is 10.5 Å². The molecule has 2 aromatic rings. The van der Waals surface area contributed by atoms with Crippen LogP contribution in [0.5, 0.6) is 5.75 Å². The third kappa shape index (κ3) is 3.73. The van der Waals surface area contributed by atoms with E-state index in [1.807, 2.05) is 42.5 Å². The fraction of sp³-hybridized carbons (Fsp3) is 0.133. The van der Waals surface area contributed by atoms with Crippen molar-refractivity contribution in [1.82, 2.24) is 0 Å². The molecule has 96 valence electrons. The molecule has 0 spiro atoms. The number of nitrogens with zero attached hydrogens (tertiary/aromatic N) is 1. The van der Waals surface area contributed by atoms with Crippen molar-refractivity contribution in [3.05, 3.63) is 58.1 Å². The summed E-state index contributed by atoms with van der Waals surface area (Å²) in [7, 11) is 0. The summed E-state index contributed by atoms with van der Waals surface area (Å²) in [5.41, 5.74) is 8.54. The van der Waals surface area contributed by atoms with E-state index >= 15 is 0 Å². The molecule has 0 heterocycles. The van der Waals surface area contributed by atoms with E-state index in [4.69, 9.17) is 15.7 Å². The van der Waals surface area contributed by atoms with E-state index in [2.05, 4.69) is 22.0 Å². The summed E-state index contributed by atoms with van der Waals surface area (Å²) in [6, 6.07) is 15.3. The fourth-order valence-corrected chi connectivity index (χ4v) is 2.03. The topological polar surface area (TPSA) is 59.0 Å². The first-order valence-electron chi connectivity index (χ1n) is 5.81. The van der Waals surface area contributed by atoms with Gasteiger partial charge in [-0.2, -0.15) is 5.26 Å². The fourth-order valence-electron chi connectivity index (χ4n) is 1.65. The van der Waals surface area contributed by atoms with Gasteiger partial charge >= 0.3 is 0 Å². The van der Waals surface area contributed by atoms with Gasteiger partial charge in [0.1, 0.15) is 12.4 Å². The highest BCUT2D eigenvalue weighted by atomic mass is 79.9. The number of benzene rings is 2. The standard InChI is InChI=1S/C15H13BrN2O/c16-13-4-3-12(15(18)9-13)10-19-14-5-1-11(2-6-14)7-8-17/h1-6,9H,7,10,18H2. The van der Waals surface area contributed by atoms with Gasteiger partial charge in [-0.3, -0.25) is 0 Å². The number of nitriles is 1. The smallest absolute Gasteiger partial charge is 0.119 e. The van der Waals surface area contributed by atoms with E-state index in [0.717, 1.165) is 21.3 Å². The summed E-state index contributed by atoms with van der Waals surface area (Å²) >= 11 is 3.37. The first-order chi connectivity index (χ1) is 9.19. The largest absolute Gasteiger partial charge is 0.489 e. The van der Waals surface area contributed by atoms with Crippen molar-refractivity contribution in [3.8, 4) is 11.8 Å². The van der Waals surface area contributed by atoms with Gasteiger partial charge in [0.05, 0.1) is 12.5 Å². The van der Waals surface area contributed by atoms with Gasteiger partial charge in [-0.05, 0) is 29.8 Å². The average Bonchev–Trinajstić information content (AvgIpc) is 2.40. The average molecular weight is 317 g/mol. The number of ether oxygens (including phenoxy) is 1. The summed E-state index contributed by atoms with van der Waals surface area (Å²) in [6.07, 6.45) is 0.417. The monoisotopic (exact) mass is 316 g/mol. The molecule has 2 aromatic carbocycles. The summed E-state index contributed by atoms with van der Waals surface area (Å²) in [4.78, 5) is 0. The van der Waals surface area contributed by atoms with Crippen LogP contribution >= 0.6 is 15.9 Å². The lowest BCUT2D eigenvalue weighted by Crippen LogP contribution is -2.00. The van der Waals surface area contributed by atoms with E-state index in [1.54, 1.807) is 0 Å². The molecule has 0 fully saturated rings. The molecule has 2 rings (SSSR count). The highest BCUT2D eigenvalue weighted by Gasteiger charge is 2.01. The molecule has 0 saturated heterocycles. The second-order valence-electron chi connectivity index (χ2n) is 4.11. The first kappa shape index (κ1) is 13.4. The first-order valence-corrected chi connectivity index (χ1v) is 6.61. The van der Waals surface area contributed by atoms with Gasteiger partial charge in [-0.1, -0.05) is 34.1 Å². The van der Waals surface area contributed by atoms with Gasteiger partial charge in [-0.25, -0.2) is 0 Å². The Morgan fingerprint density at radius 1 is 1.16 bits per heavy atom. The van der Waals surface area contributed by atoms with Crippen LogP contribution in [0.25, 0.3) is 0 Å². The number of nitrogen functional groups attached to an aromatic ring is 1. The summed E-state index contributed by atoms with van der Waals surface area (Å²) in [5, 5.41) is 8.59. The molecule has 0 aliphatic rings.